The number of hydrogen-bond donors (Lipinski definition) is 2. The average Bonchev–Trinajstić information content (AvgIpc) is 2.71. The van der Waals surface area contributed by atoms with Crippen molar-refractivity contribution in [2.24, 2.45) is 5.73 Å². The van der Waals surface area contributed by atoms with Crippen LogP contribution in [0, 0.1) is 20.8 Å². The normalized spacial score (nSPS) is 18.6. The van der Waals surface area contributed by atoms with Crippen molar-refractivity contribution >= 4 is 15.9 Å². The Kier molecular flexibility index (Phi) is 3.25. The van der Waals surface area contributed by atoms with Gasteiger partial charge in [0.2, 0.25) is 0 Å². The van der Waals surface area contributed by atoms with E-state index < -0.39 is 0 Å². The van der Waals surface area contributed by atoms with Crippen LogP contribution in [-0.4, -0.2) is 5.11 Å². The van der Waals surface area contributed by atoms with Gasteiger partial charge in [-0.05, 0) is 50.3 Å². The Labute approximate surface area is 111 Å². The van der Waals surface area contributed by atoms with E-state index in [1.54, 1.807) is 0 Å². The Morgan fingerprint density at radius 2 is 1.59 bits per heavy atom. The summed E-state index contributed by atoms with van der Waals surface area (Å²) in [6.45, 7) is 6.02. The van der Waals surface area contributed by atoms with Crippen molar-refractivity contribution in [1.29, 1.82) is 0 Å². The first kappa shape index (κ1) is 12.9. The van der Waals surface area contributed by atoms with Crippen molar-refractivity contribution in [2.75, 3.05) is 0 Å². The van der Waals surface area contributed by atoms with Gasteiger partial charge in [0.05, 0.1) is 0 Å². The molecule has 1 fully saturated rings. The molecule has 0 spiro atoms. The Morgan fingerprint density at radius 1 is 1.06 bits per heavy atom. The fourth-order valence-corrected chi connectivity index (χ4v) is 3.46. The Balaban J connectivity index is 2.69. The number of phenolic OH excluding ortho intramolecular Hbond substituents is 1. The molecule has 1 saturated carbocycles. The van der Waals surface area contributed by atoms with Gasteiger partial charge in [0.25, 0.3) is 0 Å². The summed E-state index contributed by atoms with van der Waals surface area (Å²) in [6, 6.07) is 0. The zero-order chi connectivity index (χ0) is 12.8. The van der Waals surface area contributed by atoms with E-state index in [-0.39, 0.29) is 5.54 Å². The van der Waals surface area contributed by atoms with Crippen LogP contribution in [0.5, 0.6) is 5.75 Å². The van der Waals surface area contributed by atoms with Gasteiger partial charge in [0.15, 0.2) is 0 Å². The number of benzene rings is 1. The molecule has 1 aromatic carbocycles. The fourth-order valence-electron chi connectivity index (χ4n) is 2.96. The minimum absolute atomic E-state index is 0.338. The van der Waals surface area contributed by atoms with E-state index in [9.17, 15) is 5.11 Å². The van der Waals surface area contributed by atoms with Gasteiger partial charge in [-0.25, -0.2) is 0 Å². The zero-order valence-electron chi connectivity index (χ0n) is 10.7. The minimum Gasteiger partial charge on any atom is -0.507 e. The molecule has 2 rings (SSSR count). The van der Waals surface area contributed by atoms with E-state index in [1.165, 1.54) is 0 Å². The first-order valence-electron chi connectivity index (χ1n) is 6.16. The largest absolute Gasteiger partial charge is 0.507 e. The molecule has 3 N–H and O–H groups in total. The van der Waals surface area contributed by atoms with Crippen LogP contribution in [0.3, 0.4) is 0 Å². The van der Waals surface area contributed by atoms with Gasteiger partial charge in [-0.2, -0.15) is 0 Å². The molecular formula is C14H20BrNO. The molecule has 0 heterocycles. The molecule has 1 aliphatic rings. The van der Waals surface area contributed by atoms with Crippen molar-refractivity contribution in [3.05, 3.63) is 26.7 Å². The van der Waals surface area contributed by atoms with Crippen molar-refractivity contribution in [3.63, 3.8) is 0 Å². The molecule has 1 aliphatic carbocycles. The third kappa shape index (κ3) is 1.89. The number of halogens is 1. The second-order valence-corrected chi connectivity index (χ2v) is 6.07. The van der Waals surface area contributed by atoms with Crippen molar-refractivity contribution in [3.8, 4) is 5.75 Å². The molecule has 2 nitrogen and oxygen atoms in total. The van der Waals surface area contributed by atoms with E-state index in [2.05, 4.69) is 15.9 Å². The van der Waals surface area contributed by atoms with Gasteiger partial charge in [0.1, 0.15) is 5.75 Å². The molecule has 0 aliphatic heterocycles. The van der Waals surface area contributed by atoms with Crippen LogP contribution in [0.25, 0.3) is 0 Å². The van der Waals surface area contributed by atoms with Gasteiger partial charge < -0.3 is 10.8 Å². The summed E-state index contributed by atoms with van der Waals surface area (Å²) in [5, 5.41) is 10.4. The smallest absolute Gasteiger partial charge is 0.124 e. The summed E-state index contributed by atoms with van der Waals surface area (Å²) in [4.78, 5) is 0. The van der Waals surface area contributed by atoms with Crippen LogP contribution in [0.1, 0.15) is 47.9 Å². The summed E-state index contributed by atoms with van der Waals surface area (Å²) < 4.78 is 1.08. The number of phenols is 1. The molecule has 94 valence electrons. The summed E-state index contributed by atoms with van der Waals surface area (Å²) in [7, 11) is 0. The highest BCUT2D eigenvalue weighted by atomic mass is 79.9. The molecule has 3 heteroatoms. The van der Waals surface area contributed by atoms with Gasteiger partial charge in [-0.15, -0.1) is 0 Å². The number of hydrogen-bond acceptors (Lipinski definition) is 2. The van der Waals surface area contributed by atoms with Crippen LogP contribution in [0.2, 0.25) is 0 Å². The zero-order valence-corrected chi connectivity index (χ0v) is 12.3. The standard InChI is InChI=1S/C14H20BrNO/c1-8-9(2)13(17)11(10(3)12(8)15)14(16)6-4-5-7-14/h17H,4-7,16H2,1-3H3. The lowest BCUT2D eigenvalue weighted by molar-refractivity contribution is 0.404. The van der Waals surface area contributed by atoms with Crippen LogP contribution < -0.4 is 5.73 Å². The topological polar surface area (TPSA) is 46.2 Å². The van der Waals surface area contributed by atoms with Crippen molar-refractivity contribution < 1.29 is 5.11 Å². The molecule has 0 aromatic heterocycles. The van der Waals surface area contributed by atoms with Crippen molar-refractivity contribution in [2.45, 2.75) is 52.0 Å². The highest BCUT2D eigenvalue weighted by Crippen LogP contribution is 2.46. The van der Waals surface area contributed by atoms with E-state index in [0.29, 0.717) is 5.75 Å². The maximum atomic E-state index is 10.4. The van der Waals surface area contributed by atoms with Crippen molar-refractivity contribution in [1.82, 2.24) is 0 Å². The third-order valence-electron chi connectivity index (χ3n) is 4.18. The Morgan fingerprint density at radius 3 is 2.12 bits per heavy atom. The van der Waals surface area contributed by atoms with E-state index in [1.807, 2.05) is 20.8 Å². The lowest BCUT2D eigenvalue weighted by Gasteiger charge is -2.29. The lowest BCUT2D eigenvalue weighted by atomic mass is 9.83. The second-order valence-electron chi connectivity index (χ2n) is 5.28. The monoisotopic (exact) mass is 297 g/mol. The van der Waals surface area contributed by atoms with Crippen LogP contribution in [0.15, 0.2) is 4.47 Å². The third-order valence-corrected chi connectivity index (χ3v) is 5.37. The van der Waals surface area contributed by atoms with E-state index in [0.717, 1.165) is 52.4 Å². The average molecular weight is 298 g/mol. The maximum Gasteiger partial charge on any atom is 0.124 e. The minimum atomic E-state index is -0.338. The molecule has 0 atom stereocenters. The molecule has 0 saturated heterocycles. The predicted octanol–water partition coefficient (Wildman–Crippen LogP) is 3.81. The van der Waals surface area contributed by atoms with E-state index in [4.69, 9.17) is 5.73 Å². The summed E-state index contributed by atoms with van der Waals surface area (Å²) in [5.74, 6) is 0.396. The highest BCUT2D eigenvalue weighted by molar-refractivity contribution is 9.10. The molecule has 0 amide bonds. The number of nitrogens with two attached hydrogens (primary N) is 1. The molecular weight excluding hydrogens is 278 g/mol. The molecule has 1 aromatic rings. The lowest BCUT2D eigenvalue weighted by Crippen LogP contribution is -2.34. The van der Waals surface area contributed by atoms with Crippen LogP contribution in [0.4, 0.5) is 0 Å². The molecule has 0 radical (unpaired) electrons. The first-order valence-corrected chi connectivity index (χ1v) is 6.95. The van der Waals surface area contributed by atoms with Gasteiger partial charge in [-0.1, -0.05) is 28.8 Å². The Hall–Kier alpha value is -0.540. The van der Waals surface area contributed by atoms with Crippen LogP contribution >= 0.6 is 15.9 Å². The summed E-state index contributed by atoms with van der Waals surface area (Å²) >= 11 is 3.62. The quantitative estimate of drug-likeness (QED) is 0.828. The van der Waals surface area contributed by atoms with Gasteiger partial charge >= 0.3 is 0 Å². The van der Waals surface area contributed by atoms with Gasteiger partial charge in [0, 0.05) is 15.6 Å². The highest BCUT2D eigenvalue weighted by Gasteiger charge is 2.36. The summed E-state index contributed by atoms with van der Waals surface area (Å²) in [5.41, 5.74) is 10.2. The van der Waals surface area contributed by atoms with E-state index >= 15 is 0 Å². The molecule has 0 bridgehead atoms. The molecule has 17 heavy (non-hydrogen) atoms. The second kappa shape index (κ2) is 4.29. The maximum absolute atomic E-state index is 10.4. The Bertz CT molecular complexity index is 433. The summed E-state index contributed by atoms with van der Waals surface area (Å²) in [6.07, 6.45) is 4.24. The molecule has 0 unspecified atom stereocenters. The first-order chi connectivity index (χ1) is 7.88. The number of rotatable bonds is 1. The SMILES string of the molecule is Cc1c(C)c(Br)c(C)c(C2(N)CCCC2)c1O. The number of aromatic hydroxyl groups is 1. The predicted molar refractivity (Wildman–Crippen MR) is 74.4 cm³/mol. The fraction of sp³-hybridized carbons (Fsp3) is 0.571. The van der Waals surface area contributed by atoms with Gasteiger partial charge in [-0.3, -0.25) is 0 Å². The van der Waals surface area contributed by atoms with Crippen LogP contribution in [-0.2, 0) is 5.54 Å².